The van der Waals surface area contributed by atoms with Crippen molar-refractivity contribution in [3.8, 4) is 5.75 Å². The smallest absolute Gasteiger partial charge is 0.334 e. The van der Waals surface area contributed by atoms with E-state index in [4.69, 9.17) is 9.47 Å². The summed E-state index contributed by atoms with van der Waals surface area (Å²) in [6.07, 6.45) is 1.47. The van der Waals surface area contributed by atoms with E-state index in [1.807, 2.05) is 19.9 Å². The van der Waals surface area contributed by atoms with Crippen molar-refractivity contribution in [2.45, 2.75) is 39.7 Å². The Balaban J connectivity index is 2.15. The number of hydrogen-bond acceptors (Lipinski definition) is 4. The summed E-state index contributed by atoms with van der Waals surface area (Å²) in [7, 11) is 0. The summed E-state index contributed by atoms with van der Waals surface area (Å²) in [5, 5.41) is 0. The van der Waals surface area contributed by atoms with Gasteiger partial charge in [0.1, 0.15) is 11.9 Å². The summed E-state index contributed by atoms with van der Waals surface area (Å²) in [5.74, 6) is -0.0749. The number of aryl methyl sites for hydroxylation is 1. The third-order valence-electron chi connectivity index (χ3n) is 4.48. The fraction of sp³-hybridized carbons (Fsp3) is 0.412. The van der Waals surface area contributed by atoms with Gasteiger partial charge >= 0.3 is 11.9 Å². The van der Waals surface area contributed by atoms with E-state index in [9.17, 15) is 9.59 Å². The zero-order valence-corrected chi connectivity index (χ0v) is 12.5. The van der Waals surface area contributed by atoms with E-state index < -0.39 is 0 Å². The Bertz CT molecular complexity index is 672. The molecule has 2 unspecified atom stereocenters. The minimum Gasteiger partial charge on any atom is -0.453 e. The quantitative estimate of drug-likeness (QED) is 0.452. The molecule has 0 N–H and O–H groups in total. The van der Waals surface area contributed by atoms with Crippen molar-refractivity contribution >= 4 is 11.9 Å². The standard InChI is InChI=1S/C17H18O4/c1-8-7-14(20-11(4)18)10(3)15-12(8)5-6-13-9(2)17(19)21-16(13)15/h7,13,16H,2,5-6H2,1,3-4H3. The molecule has 4 heteroatoms. The molecule has 0 saturated carbocycles. The molecule has 1 aliphatic carbocycles. The summed E-state index contributed by atoms with van der Waals surface area (Å²) < 4.78 is 10.8. The van der Waals surface area contributed by atoms with Crippen LogP contribution in [0.15, 0.2) is 18.2 Å². The molecule has 2 atom stereocenters. The van der Waals surface area contributed by atoms with Crippen molar-refractivity contribution in [3.63, 3.8) is 0 Å². The number of benzene rings is 1. The molecule has 0 amide bonds. The lowest BCUT2D eigenvalue weighted by Gasteiger charge is -2.30. The van der Waals surface area contributed by atoms with Gasteiger partial charge in [-0.1, -0.05) is 6.58 Å². The van der Waals surface area contributed by atoms with E-state index in [0.717, 1.165) is 29.5 Å². The summed E-state index contributed by atoms with van der Waals surface area (Å²) in [6, 6.07) is 1.89. The van der Waals surface area contributed by atoms with Crippen LogP contribution in [0.25, 0.3) is 0 Å². The van der Waals surface area contributed by atoms with Crippen LogP contribution < -0.4 is 4.74 Å². The van der Waals surface area contributed by atoms with E-state index in [1.54, 1.807) is 0 Å². The van der Waals surface area contributed by atoms with Crippen molar-refractivity contribution < 1.29 is 19.1 Å². The van der Waals surface area contributed by atoms with Gasteiger partial charge in [-0.05, 0) is 49.4 Å². The molecule has 3 rings (SSSR count). The van der Waals surface area contributed by atoms with Crippen LogP contribution in [0.1, 0.15) is 41.7 Å². The fourth-order valence-electron chi connectivity index (χ4n) is 3.43. The lowest BCUT2D eigenvalue weighted by atomic mass is 9.76. The first-order valence-corrected chi connectivity index (χ1v) is 7.11. The van der Waals surface area contributed by atoms with E-state index in [2.05, 4.69) is 6.58 Å². The van der Waals surface area contributed by atoms with Crippen molar-refractivity contribution in [3.05, 3.63) is 40.5 Å². The van der Waals surface area contributed by atoms with Crippen LogP contribution in [0.5, 0.6) is 5.75 Å². The normalized spacial score (nSPS) is 23.4. The van der Waals surface area contributed by atoms with Gasteiger partial charge in [-0.2, -0.15) is 0 Å². The summed E-state index contributed by atoms with van der Waals surface area (Å²) in [5.41, 5.74) is 4.70. The molecule has 1 aromatic carbocycles. The maximum atomic E-state index is 11.8. The Labute approximate surface area is 123 Å². The maximum Gasteiger partial charge on any atom is 0.334 e. The number of hydrogen-bond donors (Lipinski definition) is 0. The monoisotopic (exact) mass is 286 g/mol. The lowest BCUT2D eigenvalue weighted by Crippen LogP contribution is -2.20. The molecule has 1 heterocycles. The molecule has 1 fully saturated rings. The summed E-state index contributed by atoms with van der Waals surface area (Å²) in [4.78, 5) is 23.1. The van der Waals surface area contributed by atoms with Gasteiger partial charge in [0.25, 0.3) is 0 Å². The molecule has 1 aromatic rings. The Morgan fingerprint density at radius 1 is 1.43 bits per heavy atom. The van der Waals surface area contributed by atoms with Crippen molar-refractivity contribution in [2.24, 2.45) is 5.92 Å². The molecular formula is C17H18O4. The topological polar surface area (TPSA) is 52.6 Å². The SMILES string of the molecule is C=C1C(=O)OC2c3c(C)c(OC(C)=O)cc(C)c3CCC12. The predicted octanol–water partition coefficient (Wildman–Crippen LogP) is 2.95. The molecule has 2 aliphatic rings. The van der Waals surface area contributed by atoms with Crippen LogP contribution in [0.4, 0.5) is 0 Å². The third kappa shape index (κ3) is 2.06. The van der Waals surface area contributed by atoms with Crippen LogP contribution in [-0.2, 0) is 20.7 Å². The highest BCUT2D eigenvalue weighted by Gasteiger charge is 2.44. The first-order valence-electron chi connectivity index (χ1n) is 7.11. The number of rotatable bonds is 1. The molecule has 110 valence electrons. The van der Waals surface area contributed by atoms with Gasteiger partial charge in [-0.25, -0.2) is 4.79 Å². The highest BCUT2D eigenvalue weighted by molar-refractivity contribution is 5.91. The Kier molecular flexibility index (Phi) is 3.12. The van der Waals surface area contributed by atoms with Crippen molar-refractivity contribution in [1.82, 2.24) is 0 Å². The van der Waals surface area contributed by atoms with Gasteiger partial charge in [0.2, 0.25) is 0 Å². The Hall–Kier alpha value is -2.10. The second kappa shape index (κ2) is 4.72. The molecule has 4 nitrogen and oxygen atoms in total. The highest BCUT2D eigenvalue weighted by atomic mass is 16.6. The van der Waals surface area contributed by atoms with Crippen LogP contribution in [0, 0.1) is 19.8 Å². The second-order valence-electron chi connectivity index (χ2n) is 5.80. The number of esters is 2. The minimum atomic E-state index is -0.349. The maximum absolute atomic E-state index is 11.8. The lowest BCUT2D eigenvalue weighted by molar-refractivity contribution is -0.139. The van der Waals surface area contributed by atoms with Gasteiger partial charge in [0.15, 0.2) is 0 Å². The van der Waals surface area contributed by atoms with Gasteiger partial charge < -0.3 is 9.47 Å². The largest absolute Gasteiger partial charge is 0.453 e. The summed E-state index contributed by atoms with van der Waals surface area (Å²) >= 11 is 0. The van der Waals surface area contributed by atoms with Crippen LogP contribution in [0.3, 0.4) is 0 Å². The zero-order valence-electron chi connectivity index (χ0n) is 12.5. The van der Waals surface area contributed by atoms with Crippen molar-refractivity contribution in [2.75, 3.05) is 0 Å². The van der Waals surface area contributed by atoms with Gasteiger partial charge in [-0.3, -0.25) is 4.79 Å². The Morgan fingerprint density at radius 3 is 2.81 bits per heavy atom. The molecule has 1 saturated heterocycles. The fourth-order valence-corrected chi connectivity index (χ4v) is 3.43. The van der Waals surface area contributed by atoms with E-state index in [1.165, 1.54) is 12.5 Å². The first-order chi connectivity index (χ1) is 9.90. The van der Waals surface area contributed by atoms with Crippen LogP contribution in [-0.4, -0.2) is 11.9 Å². The molecule has 0 radical (unpaired) electrons. The number of carbonyl (C=O) groups excluding carboxylic acids is 2. The number of ether oxygens (including phenoxy) is 2. The average Bonchev–Trinajstić information content (AvgIpc) is 2.70. The van der Waals surface area contributed by atoms with Gasteiger partial charge in [-0.15, -0.1) is 0 Å². The van der Waals surface area contributed by atoms with Gasteiger partial charge in [0, 0.05) is 24.0 Å². The van der Waals surface area contributed by atoms with E-state index >= 15 is 0 Å². The molecule has 21 heavy (non-hydrogen) atoms. The first kappa shape index (κ1) is 13.9. The third-order valence-corrected chi connectivity index (χ3v) is 4.48. The van der Waals surface area contributed by atoms with E-state index in [-0.39, 0.29) is 24.0 Å². The van der Waals surface area contributed by atoms with Crippen LogP contribution in [0.2, 0.25) is 0 Å². The number of fused-ring (bicyclic) bond motifs is 3. The van der Waals surface area contributed by atoms with Crippen molar-refractivity contribution in [1.29, 1.82) is 0 Å². The van der Waals surface area contributed by atoms with Crippen LogP contribution >= 0.6 is 0 Å². The minimum absolute atomic E-state index is 0.0377. The molecule has 0 bridgehead atoms. The summed E-state index contributed by atoms with van der Waals surface area (Å²) in [6.45, 7) is 9.15. The number of carbonyl (C=O) groups is 2. The van der Waals surface area contributed by atoms with Gasteiger partial charge in [0.05, 0.1) is 0 Å². The molecule has 0 aromatic heterocycles. The average molecular weight is 286 g/mol. The predicted molar refractivity (Wildman–Crippen MR) is 77.0 cm³/mol. The molecular weight excluding hydrogens is 268 g/mol. The molecule has 1 aliphatic heterocycles. The van der Waals surface area contributed by atoms with E-state index in [0.29, 0.717) is 11.3 Å². The Morgan fingerprint density at radius 2 is 2.14 bits per heavy atom. The zero-order chi connectivity index (χ0) is 15.3. The molecule has 0 spiro atoms. The highest BCUT2D eigenvalue weighted by Crippen LogP contribution is 2.49. The second-order valence-corrected chi connectivity index (χ2v) is 5.80.